The van der Waals surface area contributed by atoms with Crippen LogP contribution in [0.15, 0.2) is 24.3 Å². The van der Waals surface area contributed by atoms with Crippen molar-refractivity contribution in [1.82, 2.24) is 0 Å². The van der Waals surface area contributed by atoms with Crippen molar-refractivity contribution >= 4 is 0 Å². The molecule has 112 valence electrons. The van der Waals surface area contributed by atoms with Gasteiger partial charge in [-0.15, -0.1) is 0 Å². The molecule has 0 saturated heterocycles. The summed E-state index contributed by atoms with van der Waals surface area (Å²) < 4.78 is 10.9. The third-order valence-electron chi connectivity index (χ3n) is 4.69. The van der Waals surface area contributed by atoms with Gasteiger partial charge in [-0.3, -0.25) is 0 Å². The zero-order valence-electron chi connectivity index (χ0n) is 13.0. The molecule has 1 fully saturated rings. The van der Waals surface area contributed by atoms with Crippen molar-refractivity contribution in [2.75, 3.05) is 20.3 Å². The lowest BCUT2D eigenvalue weighted by molar-refractivity contribution is -0.699. The first-order valence-corrected chi connectivity index (χ1v) is 7.81. The fourth-order valence-electron chi connectivity index (χ4n) is 3.09. The predicted molar refractivity (Wildman–Crippen MR) is 81.2 cm³/mol. The van der Waals surface area contributed by atoms with Crippen LogP contribution in [0.2, 0.25) is 0 Å². The van der Waals surface area contributed by atoms with Crippen LogP contribution >= 0.6 is 0 Å². The maximum atomic E-state index is 5.77. The van der Waals surface area contributed by atoms with Crippen molar-refractivity contribution in [3.63, 3.8) is 0 Å². The highest BCUT2D eigenvalue weighted by Gasteiger charge is 2.29. The highest BCUT2D eigenvalue weighted by Crippen LogP contribution is 2.27. The van der Waals surface area contributed by atoms with E-state index in [0.717, 1.165) is 42.5 Å². The first-order valence-electron chi connectivity index (χ1n) is 7.81. The monoisotopic (exact) mass is 278 g/mol. The molecule has 3 heteroatoms. The molecule has 0 bridgehead atoms. The van der Waals surface area contributed by atoms with Gasteiger partial charge in [-0.1, -0.05) is 13.8 Å². The Balaban J connectivity index is 1.68. The van der Waals surface area contributed by atoms with Crippen molar-refractivity contribution in [1.29, 1.82) is 0 Å². The minimum atomic E-state index is 0.768. The number of benzene rings is 1. The Morgan fingerprint density at radius 1 is 1.10 bits per heavy atom. The summed E-state index contributed by atoms with van der Waals surface area (Å²) in [5.74, 6) is 3.48. The standard InChI is InChI=1S/C17H27NO2/c1-13-5-4-6-17(14(13)2)18-11-12-20-16-9-7-15(19-3)8-10-16/h7-10,13-14,17-18H,4-6,11-12H2,1-3H3/p+1/t13-,14-,17-/m1/s1. The van der Waals surface area contributed by atoms with Gasteiger partial charge in [0.2, 0.25) is 0 Å². The van der Waals surface area contributed by atoms with Gasteiger partial charge in [0, 0.05) is 5.92 Å². The Morgan fingerprint density at radius 2 is 1.80 bits per heavy atom. The highest BCUT2D eigenvalue weighted by atomic mass is 16.5. The summed E-state index contributed by atoms with van der Waals surface area (Å²) in [4.78, 5) is 0. The van der Waals surface area contributed by atoms with Crippen molar-refractivity contribution in [2.45, 2.75) is 39.2 Å². The largest absolute Gasteiger partial charge is 0.497 e. The summed E-state index contributed by atoms with van der Waals surface area (Å²) in [6.45, 7) is 6.59. The van der Waals surface area contributed by atoms with E-state index in [0.29, 0.717) is 0 Å². The molecule has 1 aliphatic carbocycles. The van der Waals surface area contributed by atoms with E-state index >= 15 is 0 Å². The van der Waals surface area contributed by atoms with Crippen LogP contribution in [0.3, 0.4) is 0 Å². The van der Waals surface area contributed by atoms with Crippen molar-refractivity contribution in [3.8, 4) is 11.5 Å². The third-order valence-corrected chi connectivity index (χ3v) is 4.69. The van der Waals surface area contributed by atoms with Gasteiger partial charge in [0.05, 0.1) is 13.2 Å². The molecule has 1 aromatic rings. The van der Waals surface area contributed by atoms with Gasteiger partial charge in [-0.05, 0) is 49.4 Å². The van der Waals surface area contributed by atoms with Gasteiger partial charge in [0.15, 0.2) is 0 Å². The van der Waals surface area contributed by atoms with E-state index in [-0.39, 0.29) is 0 Å². The lowest BCUT2D eigenvalue weighted by Crippen LogP contribution is -2.92. The minimum absolute atomic E-state index is 0.768. The number of nitrogens with two attached hydrogens (primary N) is 1. The van der Waals surface area contributed by atoms with Crippen LogP contribution in [0.25, 0.3) is 0 Å². The van der Waals surface area contributed by atoms with Crippen LogP contribution in [0.1, 0.15) is 33.1 Å². The van der Waals surface area contributed by atoms with Crippen LogP contribution in [0.4, 0.5) is 0 Å². The molecule has 0 spiro atoms. The van der Waals surface area contributed by atoms with Crippen molar-refractivity contribution in [2.24, 2.45) is 11.8 Å². The Hall–Kier alpha value is -1.22. The maximum absolute atomic E-state index is 5.77. The first-order chi connectivity index (χ1) is 9.70. The van der Waals surface area contributed by atoms with Crippen molar-refractivity contribution < 1.29 is 14.8 Å². The van der Waals surface area contributed by atoms with Crippen LogP contribution in [0.5, 0.6) is 11.5 Å². The fourth-order valence-corrected chi connectivity index (χ4v) is 3.09. The summed E-state index contributed by atoms with van der Waals surface area (Å²) in [6.07, 6.45) is 4.13. The predicted octanol–water partition coefficient (Wildman–Crippen LogP) is 2.46. The van der Waals surface area contributed by atoms with Gasteiger partial charge in [-0.25, -0.2) is 0 Å². The van der Waals surface area contributed by atoms with E-state index in [4.69, 9.17) is 9.47 Å². The van der Waals surface area contributed by atoms with Gasteiger partial charge in [0.1, 0.15) is 24.7 Å². The molecule has 0 aliphatic heterocycles. The normalized spacial score (nSPS) is 26.2. The van der Waals surface area contributed by atoms with Crippen LogP contribution < -0.4 is 14.8 Å². The van der Waals surface area contributed by atoms with E-state index in [1.165, 1.54) is 19.3 Å². The topological polar surface area (TPSA) is 35.1 Å². The van der Waals surface area contributed by atoms with Crippen molar-refractivity contribution in [3.05, 3.63) is 24.3 Å². The molecule has 1 aromatic carbocycles. The number of quaternary nitrogens is 1. The SMILES string of the molecule is COc1ccc(OCC[NH2+][C@@H]2CCC[C@@H](C)[C@H]2C)cc1. The molecule has 0 amide bonds. The lowest BCUT2D eigenvalue weighted by Gasteiger charge is -2.32. The van der Waals surface area contributed by atoms with Gasteiger partial charge in [0.25, 0.3) is 0 Å². The molecular formula is C17H28NO2+. The average molecular weight is 278 g/mol. The summed E-state index contributed by atoms with van der Waals surface area (Å²) in [5.41, 5.74) is 0. The number of ether oxygens (including phenoxy) is 2. The van der Waals surface area contributed by atoms with E-state index in [2.05, 4.69) is 19.2 Å². The highest BCUT2D eigenvalue weighted by molar-refractivity contribution is 5.31. The quantitative estimate of drug-likeness (QED) is 0.811. The summed E-state index contributed by atoms with van der Waals surface area (Å²) >= 11 is 0. The lowest BCUT2D eigenvalue weighted by atomic mass is 9.78. The molecule has 1 saturated carbocycles. The molecule has 0 radical (unpaired) electrons. The molecule has 3 atom stereocenters. The summed E-state index contributed by atoms with van der Waals surface area (Å²) in [5, 5.41) is 2.48. The smallest absolute Gasteiger partial charge is 0.137 e. The molecule has 0 aromatic heterocycles. The second-order valence-corrected chi connectivity index (χ2v) is 5.98. The van der Waals surface area contributed by atoms with Gasteiger partial charge >= 0.3 is 0 Å². The zero-order valence-corrected chi connectivity index (χ0v) is 13.0. The van der Waals surface area contributed by atoms with Gasteiger partial charge in [-0.2, -0.15) is 0 Å². The van der Waals surface area contributed by atoms with Gasteiger partial charge < -0.3 is 14.8 Å². The Labute approximate surface area is 122 Å². The molecule has 20 heavy (non-hydrogen) atoms. The summed E-state index contributed by atoms with van der Waals surface area (Å²) in [6, 6.07) is 8.57. The third kappa shape index (κ3) is 4.14. The van der Waals surface area contributed by atoms with E-state index in [1.807, 2.05) is 24.3 Å². The Bertz CT molecular complexity index is 390. The van der Waals surface area contributed by atoms with E-state index in [9.17, 15) is 0 Å². The first kappa shape index (κ1) is 15.2. The Morgan fingerprint density at radius 3 is 2.50 bits per heavy atom. The number of methoxy groups -OCH3 is 1. The number of rotatable bonds is 6. The number of hydrogen-bond donors (Lipinski definition) is 1. The minimum Gasteiger partial charge on any atom is -0.497 e. The molecule has 0 unspecified atom stereocenters. The number of hydrogen-bond acceptors (Lipinski definition) is 2. The van der Waals surface area contributed by atoms with Crippen LogP contribution in [0, 0.1) is 11.8 Å². The molecule has 0 heterocycles. The Kier molecular flexibility index (Phi) is 5.72. The summed E-state index contributed by atoms with van der Waals surface area (Å²) in [7, 11) is 1.68. The molecule has 2 rings (SSSR count). The second kappa shape index (κ2) is 7.53. The van der Waals surface area contributed by atoms with E-state index in [1.54, 1.807) is 7.11 Å². The maximum Gasteiger partial charge on any atom is 0.137 e. The zero-order chi connectivity index (χ0) is 14.4. The molecular weight excluding hydrogens is 250 g/mol. The van der Waals surface area contributed by atoms with Crippen LogP contribution in [-0.4, -0.2) is 26.3 Å². The van der Waals surface area contributed by atoms with Crippen LogP contribution in [-0.2, 0) is 0 Å². The second-order valence-electron chi connectivity index (χ2n) is 5.98. The molecule has 1 aliphatic rings. The molecule has 3 nitrogen and oxygen atoms in total. The fraction of sp³-hybridized carbons (Fsp3) is 0.647. The average Bonchev–Trinajstić information content (AvgIpc) is 2.48. The molecule has 2 N–H and O–H groups in total. The van der Waals surface area contributed by atoms with E-state index < -0.39 is 0 Å².